The lowest BCUT2D eigenvalue weighted by Crippen LogP contribution is -2.26. The molecule has 1 aliphatic carbocycles. The average Bonchev–Trinajstić information content (AvgIpc) is 2.98. The maximum atomic E-state index is 4.19. The zero-order valence-corrected chi connectivity index (χ0v) is 9.60. The van der Waals surface area contributed by atoms with Crippen molar-refractivity contribution in [3.8, 4) is 0 Å². The Bertz CT molecular complexity index is 336. The second kappa shape index (κ2) is 4.49. The zero-order chi connectivity index (χ0) is 10.8. The van der Waals surface area contributed by atoms with E-state index in [0.717, 1.165) is 18.8 Å². The minimum absolute atomic E-state index is 0.561. The predicted octanol–water partition coefficient (Wildman–Crippen LogP) is 1.08. The van der Waals surface area contributed by atoms with Crippen molar-refractivity contribution in [1.29, 1.82) is 0 Å². The summed E-state index contributed by atoms with van der Waals surface area (Å²) in [4.78, 5) is 0. The molecule has 0 aromatic carbocycles. The van der Waals surface area contributed by atoms with Crippen LogP contribution in [0.1, 0.15) is 50.4 Å². The molecule has 1 N–H and O–H groups in total. The van der Waals surface area contributed by atoms with Gasteiger partial charge in [0.05, 0.1) is 6.04 Å². The summed E-state index contributed by atoms with van der Waals surface area (Å²) in [6.07, 6.45) is 8.68. The van der Waals surface area contributed by atoms with Gasteiger partial charge in [0.1, 0.15) is 0 Å². The molecule has 1 atom stereocenters. The smallest absolute Gasteiger partial charge is 0.153 e. The van der Waals surface area contributed by atoms with Gasteiger partial charge >= 0.3 is 0 Å². The van der Waals surface area contributed by atoms with E-state index in [1.165, 1.54) is 38.5 Å². The molecule has 1 saturated carbocycles. The third kappa shape index (κ3) is 1.96. The first kappa shape index (κ1) is 10.2. The van der Waals surface area contributed by atoms with Gasteiger partial charge in [0.25, 0.3) is 0 Å². The first-order chi connectivity index (χ1) is 7.93. The summed E-state index contributed by atoms with van der Waals surface area (Å²) >= 11 is 0. The van der Waals surface area contributed by atoms with Crippen molar-refractivity contribution in [2.24, 2.45) is 0 Å². The number of hydrogen-bond donors (Lipinski definition) is 1. The van der Waals surface area contributed by atoms with Crippen LogP contribution in [0.4, 0.5) is 0 Å². The van der Waals surface area contributed by atoms with E-state index in [9.17, 15) is 0 Å². The molecule has 3 rings (SSSR count). The number of tetrazole rings is 1. The van der Waals surface area contributed by atoms with Crippen LogP contribution in [-0.4, -0.2) is 32.8 Å². The quantitative estimate of drug-likeness (QED) is 0.830. The van der Waals surface area contributed by atoms with Gasteiger partial charge in [-0.15, -0.1) is 5.10 Å². The standard InChI is InChI=1S/C11H19N5/c1-2-6-10(5-1)16-11(13-14-15-16)8-9-4-3-7-12-9/h9-10,12H,1-8H2. The number of hydrogen-bond acceptors (Lipinski definition) is 4. The van der Waals surface area contributed by atoms with E-state index >= 15 is 0 Å². The Hall–Kier alpha value is -0.970. The Morgan fingerprint density at radius 2 is 2.06 bits per heavy atom. The highest BCUT2D eigenvalue weighted by Crippen LogP contribution is 2.29. The summed E-state index contributed by atoms with van der Waals surface area (Å²) in [6, 6.07) is 1.15. The maximum absolute atomic E-state index is 4.19. The van der Waals surface area contributed by atoms with E-state index in [4.69, 9.17) is 0 Å². The van der Waals surface area contributed by atoms with Crippen LogP contribution < -0.4 is 5.32 Å². The molecule has 5 nitrogen and oxygen atoms in total. The molecule has 5 heteroatoms. The average molecular weight is 221 g/mol. The van der Waals surface area contributed by atoms with Crippen LogP contribution >= 0.6 is 0 Å². The van der Waals surface area contributed by atoms with Crippen molar-refractivity contribution >= 4 is 0 Å². The van der Waals surface area contributed by atoms with Gasteiger partial charge in [-0.1, -0.05) is 12.8 Å². The third-order valence-corrected chi connectivity index (χ3v) is 3.82. The summed E-state index contributed by atoms with van der Waals surface area (Å²) in [5.41, 5.74) is 0. The van der Waals surface area contributed by atoms with E-state index in [2.05, 4.69) is 25.5 Å². The van der Waals surface area contributed by atoms with E-state index in [1.807, 2.05) is 0 Å². The zero-order valence-electron chi connectivity index (χ0n) is 9.60. The number of rotatable bonds is 3. The van der Waals surface area contributed by atoms with Crippen molar-refractivity contribution in [2.75, 3.05) is 6.54 Å². The molecule has 0 spiro atoms. The molecular weight excluding hydrogens is 202 g/mol. The van der Waals surface area contributed by atoms with Crippen LogP contribution in [0.25, 0.3) is 0 Å². The van der Waals surface area contributed by atoms with E-state index in [-0.39, 0.29) is 0 Å². The molecule has 1 unspecified atom stereocenters. The Labute approximate surface area is 95.6 Å². The molecule has 16 heavy (non-hydrogen) atoms. The van der Waals surface area contributed by atoms with Gasteiger partial charge in [-0.25, -0.2) is 4.68 Å². The molecule has 2 fully saturated rings. The van der Waals surface area contributed by atoms with Crippen LogP contribution in [0.3, 0.4) is 0 Å². The van der Waals surface area contributed by atoms with Crippen molar-refractivity contribution in [3.63, 3.8) is 0 Å². The van der Waals surface area contributed by atoms with Crippen LogP contribution in [0.15, 0.2) is 0 Å². The van der Waals surface area contributed by atoms with Gasteiger partial charge in [-0.2, -0.15) is 0 Å². The Morgan fingerprint density at radius 3 is 2.81 bits per heavy atom. The first-order valence-electron chi connectivity index (χ1n) is 6.43. The lowest BCUT2D eigenvalue weighted by atomic mass is 10.1. The number of nitrogens with zero attached hydrogens (tertiary/aromatic N) is 4. The molecule has 0 radical (unpaired) electrons. The van der Waals surface area contributed by atoms with Gasteiger partial charge in [0.15, 0.2) is 5.82 Å². The van der Waals surface area contributed by atoms with E-state index in [0.29, 0.717) is 12.1 Å². The Morgan fingerprint density at radius 1 is 1.19 bits per heavy atom. The molecule has 1 aromatic rings. The molecule has 1 saturated heterocycles. The second-order valence-corrected chi connectivity index (χ2v) is 4.98. The molecule has 2 heterocycles. The van der Waals surface area contributed by atoms with Crippen LogP contribution in [0, 0.1) is 0 Å². The van der Waals surface area contributed by atoms with Crippen molar-refractivity contribution in [2.45, 2.75) is 57.0 Å². The Balaban J connectivity index is 1.71. The van der Waals surface area contributed by atoms with Gasteiger partial charge in [-0.05, 0) is 42.7 Å². The Kier molecular flexibility index (Phi) is 2.86. The summed E-state index contributed by atoms with van der Waals surface area (Å²) in [5, 5.41) is 15.7. The molecule has 0 bridgehead atoms. The molecule has 1 aromatic heterocycles. The fourth-order valence-electron chi connectivity index (χ4n) is 2.93. The SMILES string of the molecule is C1CNC(Cc2nnnn2C2CCCC2)C1. The minimum Gasteiger partial charge on any atom is -0.314 e. The molecule has 0 amide bonds. The highest BCUT2D eigenvalue weighted by atomic mass is 15.5. The summed E-state index contributed by atoms with van der Waals surface area (Å²) in [6.45, 7) is 1.15. The van der Waals surface area contributed by atoms with Crippen LogP contribution in [0.5, 0.6) is 0 Å². The lowest BCUT2D eigenvalue weighted by Gasteiger charge is -2.13. The fraction of sp³-hybridized carbons (Fsp3) is 0.909. The normalized spacial score (nSPS) is 26.6. The summed E-state index contributed by atoms with van der Waals surface area (Å²) in [7, 11) is 0. The monoisotopic (exact) mass is 221 g/mol. The highest BCUT2D eigenvalue weighted by molar-refractivity contribution is 4.92. The fourth-order valence-corrected chi connectivity index (χ4v) is 2.93. The largest absolute Gasteiger partial charge is 0.314 e. The van der Waals surface area contributed by atoms with Crippen molar-refractivity contribution < 1.29 is 0 Å². The summed E-state index contributed by atoms with van der Waals surface area (Å²) < 4.78 is 2.08. The second-order valence-electron chi connectivity index (χ2n) is 4.98. The summed E-state index contributed by atoms with van der Waals surface area (Å²) in [5.74, 6) is 1.08. The topological polar surface area (TPSA) is 55.6 Å². The molecule has 1 aliphatic heterocycles. The minimum atomic E-state index is 0.561. The van der Waals surface area contributed by atoms with E-state index < -0.39 is 0 Å². The first-order valence-corrected chi connectivity index (χ1v) is 6.43. The molecule has 88 valence electrons. The predicted molar refractivity (Wildman–Crippen MR) is 60.1 cm³/mol. The van der Waals surface area contributed by atoms with Crippen molar-refractivity contribution in [3.05, 3.63) is 5.82 Å². The highest BCUT2D eigenvalue weighted by Gasteiger charge is 2.24. The van der Waals surface area contributed by atoms with E-state index in [1.54, 1.807) is 0 Å². The van der Waals surface area contributed by atoms with Crippen LogP contribution in [-0.2, 0) is 6.42 Å². The van der Waals surface area contributed by atoms with Gasteiger partial charge in [0, 0.05) is 12.5 Å². The van der Waals surface area contributed by atoms with Gasteiger partial charge < -0.3 is 5.32 Å². The maximum Gasteiger partial charge on any atom is 0.153 e. The van der Waals surface area contributed by atoms with Crippen LogP contribution in [0.2, 0.25) is 0 Å². The molecular formula is C11H19N5. The third-order valence-electron chi connectivity index (χ3n) is 3.82. The van der Waals surface area contributed by atoms with Crippen molar-refractivity contribution in [1.82, 2.24) is 25.5 Å². The van der Waals surface area contributed by atoms with Gasteiger partial charge in [-0.3, -0.25) is 0 Å². The lowest BCUT2D eigenvalue weighted by molar-refractivity contribution is 0.427. The number of aromatic nitrogens is 4. The van der Waals surface area contributed by atoms with Gasteiger partial charge in [0.2, 0.25) is 0 Å². The molecule has 2 aliphatic rings. The number of nitrogens with one attached hydrogen (secondary N) is 1.